The van der Waals surface area contributed by atoms with E-state index >= 15 is 0 Å². The van der Waals surface area contributed by atoms with Crippen LogP contribution < -0.4 is 0 Å². The number of hydrogen-bond donors (Lipinski definition) is 1. The third-order valence-electron chi connectivity index (χ3n) is 2.34. The Kier molecular flexibility index (Phi) is 2.74. The summed E-state index contributed by atoms with van der Waals surface area (Å²) < 4.78 is 0. The molecule has 86 valence electrons. The van der Waals surface area contributed by atoms with Gasteiger partial charge in [0.1, 0.15) is 0 Å². The summed E-state index contributed by atoms with van der Waals surface area (Å²) in [6.07, 6.45) is 0. The second-order valence-electron chi connectivity index (χ2n) is 3.55. The van der Waals surface area contributed by atoms with Gasteiger partial charge in [0.05, 0.1) is 14.8 Å². The summed E-state index contributed by atoms with van der Waals surface area (Å²) in [4.78, 5) is 6.46. The molecule has 17 heavy (non-hydrogen) atoms. The Balaban J connectivity index is 2.04. The van der Waals surface area contributed by atoms with Crippen LogP contribution in [0.1, 0.15) is 5.56 Å². The lowest BCUT2D eigenvalue weighted by Gasteiger charge is -1.91. The second-order valence-corrected chi connectivity index (χ2v) is 5.75. The van der Waals surface area contributed by atoms with Gasteiger partial charge in [-0.3, -0.25) is 5.10 Å². The number of rotatable bonds is 2. The minimum absolute atomic E-state index is 0.720. The molecule has 3 heterocycles. The number of aromatic nitrogens is 3. The molecule has 6 heteroatoms. The largest absolute Gasteiger partial charge is 0.258 e. The quantitative estimate of drug-likeness (QED) is 0.764. The minimum Gasteiger partial charge on any atom is -0.258 e. The first-order chi connectivity index (χ1) is 8.25. The number of nitrogens with zero attached hydrogens (tertiary/aromatic N) is 2. The van der Waals surface area contributed by atoms with Crippen LogP contribution in [0.4, 0.5) is 0 Å². The van der Waals surface area contributed by atoms with E-state index in [0.29, 0.717) is 0 Å². The van der Waals surface area contributed by atoms with Crippen LogP contribution >= 0.6 is 34.3 Å². The molecule has 0 bridgehead atoms. The van der Waals surface area contributed by atoms with E-state index in [0.717, 1.165) is 32.0 Å². The molecule has 0 spiro atoms. The fourth-order valence-corrected chi connectivity index (χ4v) is 3.35. The number of aryl methyl sites for hydroxylation is 1. The Labute approximate surface area is 111 Å². The number of halogens is 1. The summed E-state index contributed by atoms with van der Waals surface area (Å²) in [5.41, 5.74) is 1.07. The van der Waals surface area contributed by atoms with Crippen molar-refractivity contribution < 1.29 is 0 Å². The lowest BCUT2D eigenvalue weighted by atomic mass is 10.3. The molecule has 0 aliphatic rings. The van der Waals surface area contributed by atoms with Crippen molar-refractivity contribution in [2.75, 3.05) is 0 Å². The maximum Gasteiger partial charge on any atom is 0.191 e. The molecule has 1 N–H and O–H groups in total. The van der Waals surface area contributed by atoms with Crippen LogP contribution in [0, 0.1) is 6.92 Å². The van der Waals surface area contributed by atoms with E-state index < -0.39 is 0 Å². The maximum atomic E-state index is 6.20. The van der Waals surface area contributed by atoms with Crippen molar-refractivity contribution >= 4 is 34.3 Å². The Morgan fingerprint density at radius 3 is 2.88 bits per heavy atom. The van der Waals surface area contributed by atoms with E-state index in [9.17, 15) is 0 Å². The molecule has 0 saturated carbocycles. The lowest BCUT2D eigenvalue weighted by Crippen LogP contribution is -1.77. The molecule has 0 aliphatic heterocycles. The lowest BCUT2D eigenvalue weighted by molar-refractivity contribution is 1.10. The molecular formula is C11H8ClN3S2. The fraction of sp³-hybridized carbons (Fsp3) is 0.0909. The molecule has 0 fully saturated rings. The normalized spacial score (nSPS) is 10.9. The molecule has 0 saturated heterocycles. The molecule has 3 nitrogen and oxygen atoms in total. The first-order valence-corrected chi connectivity index (χ1v) is 7.09. The third-order valence-corrected chi connectivity index (χ3v) is 4.91. The van der Waals surface area contributed by atoms with Crippen LogP contribution in [0.2, 0.25) is 5.02 Å². The first kappa shape index (κ1) is 11.0. The molecule has 0 aromatic carbocycles. The van der Waals surface area contributed by atoms with E-state index in [1.807, 2.05) is 29.8 Å². The molecule has 0 unspecified atom stereocenters. The number of thiophene rings is 2. The molecule has 3 aromatic heterocycles. The molecule has 0 aliphatic carbocycles. The summed E-state index contributed by atoms with van der Waals surface area (Å²) in [5, 5.41) is 11.9. The second kappa shape index (κ2) is 4.25. The van der Waals surface area contributed by atoms with Crippen LogP contribution in [0.5, 0.6) is 0 Å². The minimum atomic E-state index is 0.720. The van der Waals surface area contributed by atoms with Crippen LogP contribution in [-0.2, 0) is 0 Å². The monoisotopic (exact) mass is 281 g/mol. The number of nitrogens with one attached hydrogen (secondary N) is 1. The van der Waals surface area contributed by atoms with E-state index in [1.54, 1.807) is 22.7 Å². The summed E-state index contributed by atoms with van der Waals surface area (Å²) in [6, 6.07) is 3.98. The molecule has 0 radical (unpaired) electrons. The SMILES string of the molecule is Cc1csc(-c2nc(-c3cccs3)n[nH]2)c1Cl. The summed E-state index contributed by atoms with van der Waals surface area (Å²) in [5.74, 6) is 1.45. The van der Waals surface area contributed by atoms with Crippen molar-refractivity contribution in [3.63, 3.8) is 0 Å². The zero-order valence-electron chi connectivity index (χ0n) is 8.90. The van der Waals surface area contributed by atoms with Gasteiger partial charge >= 0.3 is 0 Å². The first-order valence-electron chi connectivity index (χ1n) is 4.96. The van der Waals surface area contributed by atoms with Gasteiger partial charge in [-0.15, -0.1) is 22.7 Å². The molecule has 0 atom stereocenters. The van der Waals surface area contributed by atoms with Crippen molar-refractivity contribution in [1.29, 1.82) is 0 Å². The highest BCUT2D eigenvalue weighted by Gasteiger charge is 2.14. The predicted molar refractivity (Wildman–Crippen MR) is 72.8 cm³/mol. The van der Waals surface area contributed by atoms with E-state index in [2.05, 4.69) is 15.2 Å². The standard InChI is InChI=1S/C11H8ClN3S2/c1-6-5-17-9(8(6)12)11-13-10(14-15-11)7-3-2-4-16-7/h2-5H,1H3,(H,13,14,15). The van der Waals surface area contributed by atoms with E-state index in [4.69, 9.17) is 11.6 Å². The predicted octanol–water partition coefficient (Wildman–Crippen LogP) is 4.22. The van der Waals surface area contributed by atoms with Crippen molar-refractivity contribution in [2.24, 2.45) is 0 Å². The van der Waals surface area contributed by atoms with Gasteiger partial charge in [-0.25, -0.2) is 4.98 Å². The molecule has 0 amide bonds. The molecule has 3 aromatic rings. The number of hydrogen-bond acceptors (Lipinski definition) is 4. The highest BCUT2D eigenvalue weighted by atomic mass is 35.5. The topological polar surface area (TPSA) is 41.6 Å². The Bertz CT molecular complexity index is 640. The van der Waals surface area contributed by atoms with Gasteiger partial charge < -0.3 is 0 Å². The fourth-order valence-electron chi connectivity index (χ4n) is 1.47. The third kappa shape index (κ3) is 1.90. The van der Waals surface area contributed by atoms with Gasteiger partial charge in [0, 0.05) is 0 Å². The van der Waals surface area contributed by atoms with Crippen LogP contribution in [0.3, 0.4) is 0 Å². The zero-order valence-corrected chi connectivity index (χ0v) is 11.3. The van der Waals surface area contributed by atoms with Crippen molar-refractivity contribution in [2.45, 2.75) is 6.92 Å². The van der Waals surface area contributed by atoms with Gasteiger partial charge in [-0.1, -0.05) is 17.7 Å². The van der Waals surface area contributed by atoms with Gasteiger partial charge in [-0.05, 0) is 29.3 Å². The van der Waals surface area contributed by atoms with Crippen LogP contribution in [0.25, 0.3) is 21.4 Å². The number of aromatic amines is 1. The van der Waals surface area contributed by atoms with Gasteiger partial charge in [0.2, 0.25) is 0 Å². The molecular weight excluding hydrogens is 274 g/mol. The van der Waals surface area contributed by atoms with Crippen LogP contribution in [-0.4, -0.2) is 15.2 Å². The Hall–Kier alpha value is -1.17. The van der Waals surface area contributed by atoms with Gasteiger partial charge in [-0.2, -0.15) is 5.10 Å². The van der Waals surface area contributed by atoms with Crippen molar-refractivity contribution in [3.05, 3.63) is 33.5 Å². The average Bonchev–Trinajstić information content (AvgIpc) is 3.01. The van der Waals surface area contributed by atoms with Gasteiger partial charge in [0.25, 0.3) is 0 Å². The molecule has 3 rings (SSSR count). The number of H-pyrrole nitrogens is 1. The van der Waals surface area contributed by atoms with Gasteiger partial charge in [0.15, 0.2) is 11.6 Å². The average molecular weight is 282 g/mol. The van der Waals surface area contributed by atoms with E-state index in [-0.39, 0.29) is 0 Å². The highest BCUT2D eigenvalue weighted by Crippen LogP contribution is 2.35. The maximum absolute atomic E-state index is 6.20. The summed E-state index contributed by atoms with van der Waals surface area (Å²) in [7, 11) is 0. The van der Waals surface area contributed by atoms with Crippen LogP contribution in [0.15, 0.2) is 22.9 Å². The van der Waals surface area contributed by atoms with E-state index in [1.165, 1.54) is 0 Å². The Morgan fingerprint density at radius 2 is 2.24 bits per heavy atom. The Morgan fingerprint density at radius 1 is 1.35 bits per heavy atom. The smallest absolute Gasteiger partial charge is 0.191 e. The van der Waals surface area contributed by atoms with Crippen molar-refractivity contribution in [3.8, 4) is 21.4 Å². The summed E-state index contributed by atoms with van der Waals surface area (Å²) in [6.45, 7) is 1.99. The summed E-state index contributed by atoms with van der Waals surface area (Å²) >= 11 is 9.40. The zero-order chi connectivity index (χ0) is 11.8. The van der Waals surface area contributed by atoms with Crippen molar-refractivity contribution in [1.82, 2.24) is 15.2 Å². The highest BCUT2D eigenvalue weighted by molar-refractivity contribution is 7.14.